The van der Waals surface area contributed by atoms with Gasteiger partial charge in [0.15, 0.2) is 0 Å². The molecule has 0 amide bonds. The van der Waals surface area contributed by atoms with E-state index in [1.807, 2.05) is 10.6 Å². The van der Waals surface area contributed by atoms with Gasteiger partial charge in [-0.2, -0.15) is 8.78 Å². The number of sulfonamides is 1. The second-order valence-electron chi connectivity index (χ2n) is 10.4. The van der Waals surface area contributed by atoms with Crippen LogP contribution in [0.15, 0.2) is 53.2 Å². The van der Waals surface area contributed by atoms with Crippen molar-refractivity contribution in [3.05, 3.63) is 66.2 Å². The van der Waals surface area contributed by atoms with Crippen molar-refractivity contribution in [1.82, 2.24) is 24.5 Å². The Morgan fingerprint density at radius 3 is 2.68 bits per heavy atom. The third-order valence-electron chi connectivity index (χ3n) is 7.73. The molecule has 218 valence electrons. The first kappa shape index (κ1) is 27.7. The molecule has 4 aromatic rings. The molecule has 6 rings (SSSR count). The minimum absolute atomic E-state index is 0.0239. The Labute approximate surface area is 234 Å². The fourth-order valence-electron chi connectivity index (χ4n) is 5.76. The van der Waals surface area contributed by atoms with E-state index in [-0.39, 0.29) is 23.7 Å². The number of benzene rings is 1. The Kier molecular flexibility index (Phi) is 7.70. The lowest BCUT2D eigenvalue weighted by atomic mass is 9.93. The van der Waals surface area contributed by atoms with Gasteiger partial charge in [-0.25, -0.2) is 17.8 Å². The van der Waals surface area contributed by atoms with Crippen molar-refractivity contribution in [1.29, 1.82) is 0 Å². The van der Waals surface area contributed by atoms with Crippen molar-refractivity contribution >= 4 is 21.4 Å². The topological polar surface area (TPSA) is 115 Å². The van der Waals surface area contributed by atoms with Gasteiger partial charge in [-0.3, -0.25) is 9.62 Å². The second-order valence-corrected chi connectivity index (χ2v) is 12.4. The maximum absolute atomic E-state index is 13.7. The molecule has 1 N–H and O–H groups in total. The predicted octanol–water partition coefficient (Wildman–Crippen LogP) is 4.46. The van der Waals surface area contributed by atoms with Gasteiger partial charge in [0.1, 0.15) is 11.5 Å². The highest BCUT2D eigenvalue weighted by atomic mass is 32.2. The molecule has 14 heteroatoms. The zero-order valence-electron chi connectivity index (χ0n) is 22.0. The number of imidazole rings is 1. The van der Waals surface area contributed by atoms with E-state index in [4.69, 9.17) is 14.1 Å². The van der Waals surface area contributed by atoms with Gasteiger partial charge >= 0.3 is 6.43 Å². The van der Waals surface area contributed by atoms with E-state index >= 15 is 0 Å². The Balaban J connectivity index is 1.24. The van der Waals surface area contributed by atoms with Crippen LogP contribution in [0.4, 0.5) is 18.9 Å². The number of nitrogens with one attached hydrogen (secondary N) is 1. The highest BCUT2D eigenvalue weighted by molar-refractivity contribution is 7.93. The van der Waals surface area contributed by atoms with Crippen LogP contribution < -0.4 is 4.72 Å². The number of rotatable bonds is 8. The number of anilines is 1. The lowest BCUT2D eigenvalue weighted by Gasteiger charge is -2.44. The summed E-state index contributed by atoms with van der Waals surface area (Å²) in [4.78, 5) is 7.13. The molecule has 0 aliphatic carbocycles. The normalized spacial score (nSPS) is 21.1. The van der Waals surface area contributed by atoms with Crippen LogP contribution in [0.5, 0.6) is 0 Å². The number of nitrogens with zero attached hydrogens (tertiary/aromatic N) is 5. The van der Waals surface area contributed by atoms with Crippen molar-refractivity contribution in [2.45, 2.75) is 55.9 Å². The van der Waals surface area contributed by atoms with Crippen LogP contribution in [0.1, 0.15) is 43.7 Å². The SMILES string of the molecule is O=S(=O)(Nc1cccc(F)c1)C1CCN(C2CCOCC2)C(Cc2cn3ccc(-c4nnc(C(F)F)o4)cc3n2)C1. The second kappa shape index (κ2) is 11.4. The number of alkyl halides is 2. The molecule has 2 fully saturated rings. The lowest BCUT2D eigenvalue weighted by Crippen LogP contribution is -2.53. The van der Waals surface area contributed by atoms with E-state index in [0.717, 1.165) is 18.5 Å². The number of fused-ring (bicyclic) bond motifs is 1. The summed E-state index contributed by atoms with van der Waals surface area (Å²) in [6.45, 7) is 1.93. The van der Waals surface area contributed by atoms with Crippen LogP contribution >= 0.6 is 0 Å². The maximum atomic E-state index is 13.7. The first-order valence-corrected chi connectivity index (χ1v) is 15.0. The Morgan fingerprint density at radius 1 is 1.10 bits per heavy atom. The number of hydrogen-bond acceptors (Lipinski definition) is 8. The summed E-state index contributed by atoms with van der Waals surface area (Å²) in [5.41, 5.74) is 2.00. The van der Waals surface area contributed by atoms with Gasteiger partial charge in [0.2, 0.25) is 15.9 Å². The molecular formula is C27H29F3N6O4S. The molecule has 10 nitrogen and oxygen atoms in total. The molecule has 0 saturated carbocycles. The monoisotopic (exact) mass is 590 g/mol. The van der Waals surface area contributed by atoms with Crippen molar-refractivity contribution in [3.8, 4) is 11.5 Å². The minimum Gasteiger partial charge on any atom is -0.415 e. The van der Waals surface area contributed by atoms with Crippen LogP contribution in [-0.2, 0) is 21.2 Å². The van der Waals surface area contributed by atoms with Gasteiger partial charge < -0.3 is 13.6 Å². The quantitative estimate of drug-likeness (QED) is 0.320. The molecule has 3 aromatic heterocycles. The van der Waals surface area contributed by atoms with Gasteiger partial charge in [-0.05, 0) is 56.0 Å². The molecule has 2 unspecified atom stereocenters. The van der Waals surface area contributed by atoms with E-state index in [1.54, 1.807) is 18.3 Å². The molecule has 0 radical (unpaired) electrons. The third kappa shape index (κ3) is 6.09. The molecule has 0 bridgehead atoms. The molecule has 2 saturated heterocycles. The summed E-state index contributed by atoms with van der Waals surface area (Å²) in [5, 5.41) is 6.44. The molecule has 0 spiro atoms. The minimum atomic E-state index is -3.77. The van der Waals surface area contributed by atoms with Crippen molar-refractivity contribution < 1.29 is 30.7 Å². The number of halogens is 3. The Hall–Kier alpha value is -3.49. The largest absolute Gasteiger partial charge is 0.415 e. The summed E-state index contributed by atoms with van der Waals surface area (Å²) in [7, 11) is -3.77. The Morgan fingerprint density at radius 2 is 1.93 bits per heavy atom. The molecule has 2 aliphatic rings. The molecule has 5 heterocycles. The van der Waals surface area contributed by atoms with Gasteiger partial charge in [0.25, 0.3) is 5.89 Å². The average molecular weight is 591 g/mol. The summed E-state index contributed by atoms with van der Waals surface area (Å²) in [5.74, 6) is -1.28. The van der Waals surface area contributed by atoms with Crippen molar-refractivity contribution in [2.24, 2.45) is 0 Å². The first-order valence-electron chi connectivity index (χ1n) is 13.5. The molecule has 2 aliphatic heterocycles. The first-order chi connectivity index (χ1) is 19.7. The summed E-state index contributed by atoms with van der Waals surface area (Å²) in [6, 6.07) is 8.96. The smallest absolute Gasteiger partial charge is 0.314 e. The van der Waals surface area contributed by atoms with E-state index in [2.05, 4.69) is 19.8 Å². The van der Waals surface area contributed by atoms with Gasteiger partial charge in [0.05, 0.1) is 16.6 Å². The van der Waals surface area contributed by atoms with E-state index in [1.165, 1.54) is 24.3 Å². The van der Waals surface area contributed by atoms with Crippen LogP contribution in [0.2, 0.25) is 0 Å². The van der Waals surface area contributed by atoms with Crippen molar-refractivity contribution in [2.75, 3.05) is 24.5 Å². The number of aromatic nitrogens is 4. The molecular weight excluding hydrogens is 561 g/mol. The number of likely N-dealkylation sites (tertiary alicyclic amines) is 1. The number of ether oxygens (including phenoxy) is 1. The summed E-state index contributed by atoms with van der Waals surface area (Å²) in [6.07, 6.45) is 3.85. The lowest BCUT2D eigenvalue weighted by molar-refractivity contribution is 0.00529. The Bertz CT molecular complexity index is 1620. The fourth-order valence-corrected chi connectivity index (χ4v) is 7.27. The predicted molar refractivity (Wildman–Crippen MR) is 143 cm³/mol. The standard InChI is InChI=1S/C27H29F3N6O4S/c28-18-2-1-3-19(13-18)34-41(37,38)23-5-9-36(21-6-10-39-11-7-21)22(15-23)14-20-16-35-8-4-17(12-24(35)31-20)26-32-33-27(40-26)25(29)30/h1-4,8,12-13,16,21-23,25,34H,5-7,9-11,14-15H2. The van der Waals surface area contributed by atoms with Gasteiger partial charge in [-0.1, -0.05) is 6.07 Å². The number of hydrogen-bond donors (Lipinski definition) is 1. The van der Waals surface area contributed by atoms with E-state index < -0.39 is 33.4 Å². The fraction of sp³-hybridized carbons (Fsp3) is 0.444. The number of pyridine rings is 1. The number of piperidine rings is 1. The molecule has 2 atom stereocenters. The summed E-state index contributed by atoms with van der Waals surface area (Å²) >= 11 is 0. The van der Waals surface area contributed by atoms with Gasteiger partial charge in [-0.15, -0.1) is 10.2 Å². The zero-order valence-corrected chi connectivity index (χ0v) is 22.8. The highest BCUT2D eigenvalue weighted by Gasteiger charge is 2.39. The van der Waals surface area contributed by atoms with Crippen LogP contribution in [0.25, 0.3) is 17.1 Å². The highest BCUT2D eigenvalue weighted by Crippen LogP contribution is 2.31. The molecule has 41 heavy (non-hydrogen) atoms. The van der Waals surface area contributed by atoms with Crippen LogP contribution in [-0.4, -0.2) is 70.0 Å². The van der Waals surface area contributed by atoms with Crippen LogP contribution in [0, 0.1) is 5.82 Å². The summed E-state index contributed by atoms with van der Waals surface area (Å²) < 4.78 is 81.2. The van der Waals surface area contributed by atoms with Crippen molar-refractivity contribution in [3.63, 3.8) is 0 Å². The zero-order chi connectivity index (χ0) is 28.6. The molecule has 1 aromatic carbocycles. The van der Waals surface area contributed by atoms with Crippen LogP contribution in [0.3, 0.4) is 0 Å². The maximum Gasteiger partial charge on any atom is 0.314 e. The van der Waals surface area contributed by atoms with E-state index in [9.17, 15) is 21.6 Å². The average Bonchev–Trinajstić information content (AvgIpc) is 3.60. The third-order valence-corrected chi connectivity index (χ3v) is 9.55. The van der Waals surface area contributed by atoms with Gasteiger partial charge in [0, 0.05) is 56.2 Å². The van der Waals surface area contributed by atoms with E-state index in [0.29, 0.717) is 50.2 Å².